The van der Waals surface area contributed by atoms with E-state index < -0.39 is 23.2 Å². The maximum Gasteiger partial charge on any atom is 0.411 e. The maximum absolute atomic E-state index is 12.9. The first kappa shape index (κ1) is 24.2. The zero-order valence-electron chi connectivity index (χ0n) is 17.4. The first-order valence-electron chi connectivity index (χ1n) is 9.62. The Hall–Kier alpha value is -1.06. The lowest BCUT2D eigenvalue weighted by Gasteiger charge is -2.36. The van der Waals surface area contributed by atoms with Crippen molar-refractivity contribution in [1.82, 2.24) is 4.90 Å². The average Bonchev–Trinajstić information content (AvgIpc) is 3.04. The largest absolute Gasteiger partial charge is 0.467 e. The predicted molar refractivity (Wildman–Crippen MR) is 120 cm³/mol. The number of benzene rings is 1. The number of hydrogen-bond acceptors (Lipinski definition) is 5. The summed E-state index contributed by atoms with van der Waals surface area (Å²) in [5, 5.41) is 0. The molecule has 1 saturated heterocycles. The number of likely N-dealkylation sites (tertiary alicyclic amines) is 1. The van der Waals surface area contributed by atoms with Crippen molar-refractivity contribution in [2.45, 2.75) is 63.9 Å². The summed E-state index contributed by atoms with van der Waals surface area (Å²) in [7, 11) is 1.33. The van der Waals surface area contributed by atoms with E-state index in [1.807, 2.05) is 24.3 Å². The van der Waals surface area contributed by atoms with Crippen LogP contribution in [0.25, 0.3) is 0 Å². The van der Waals surface area contributed by atoms with Gasteiger partial charge < -0.3 is 14.2 Å². The van der Waals surface area contributed by atoms with Gasteiger partial charge in [-0.1, -0.05) is 12.1 Å². The van der Waals surface area contributed by atoms with Gasteiger partial charge in [0.15, 0.2) is 0 Å². The van der Waals surface area contributed by atoms with Crippen LogP contribution in [-0.4, -0.2) is 53.7 Å². The van der Waals surface area contributed by atoms with Crippen LogP contribution in [0.3, 0.4) is 0 Å². The molecule has 0 unspecified atom stereocenters. The summed E-state index contributed by atoms with van der Waals surface area (Å²) < 4.78 is 17.9. The van der Waals surface area contributed by atoms with Crippen LogP contribution in [0, 0.1) is 3.57 Å². The first-order valence-corrected chi connectivity index (χ1v) is 11.2. The molecule has 29 heavy (non-hydrogen) atoms. The second kappa shape index (κ2) is 10.3. The van der Waals surface area contributed by atoms with Gasteiger partial charge in [0.05, 0.1) is 26.4 Å². The quantitative estimate of drug-likeness (QED) is 0.285. The maximum atomic E-state index is 12.9. The lowest BCUT2D eigenvalue weighted by molar-refractivity contribution is -0.153. The van der Waals surface area contributed by atoms with E-state index in [-0.39, 0.29) is 12.6 Å². The van der Waals surface area contributed by atoms with E-state index in [0.29, 0.717) is 31.7 Å². The molecule has 1 heterocycles. The Bertz CT molecular complexity index is 706. The van der Waals surface area contributed by atoms with Gasteiger partial charge in [-0.3, -0.25) is 4.90 Å². The summed E-state index contributed by atoms with van der Waals surface area (Å²) in [6.45, 7) is 6.05. The van der Waals surface area contributed by atoms with Crippen LogP contribution in [0.1, 0.15) is 45.6 Å². The van der Waals surface area contributed by atoms with E-state index >= 15 is 0 Å². The highest BCUT2D eigenvalue weighted by Gasteiger charge is 2.55. The van der Waals surface area contributed by atoms with Crippen molar-refractivity contribution in [3.05, 3.63) is 33.4 Å². The number of methoxy groups -OCH3 is 1. The third-order valence-electron chi connectivity index (χ3n) is 4.77. The van der Waals surface area contributed by atoms with Crippen LogP contribution < -0.4 is 0 Å². The molecule has 1 fully saturated rings. The number of halogens is 2. The monoisotopic (exact) mass is 537 g/mol. The average molecular weight is 538 g/mol. The summed E-state index contributed by atoms with van der Waals surface area (Å²) in [6.07, 6.45) is 0.459. The number of nitrogens with zero attached hydrogens (tertiary/aromatic N) is 1. The number of ether oxygens (including phenoxy) is 3. The SMILES string of the molecule is COC(=O)[C@]1(CCCCl)C[C@H](OCc2ccc(I)cc2)CN1C(=O)OC(C)(C)C. The molecule has 0 aliphatic carbocycles. The van der Waals surface area contributed by atoms with E-state index in [1.165, 1.54) is 12.0 Å². The molecule has 1 aliphatic heterocycles. The highest BCUT2D eigenvalue weighted by Crippen LogP contribution is 2.38. The molecule has 0 spiro atoms. The second-order valence-corrected chi connectivity index (χ2v) is 9.79. The van der Waals surface area contributed by atoms with Crippen LogP contribution in [0.5, 0.6) is 0 Å². The van der Waals surface area contributed by atoms with E-state index in [9.17, 15) is 9.59 Å². The number of esters is 1. The molecule has 1 aromatic carbocycles. The number of carbonyl (C=O) groups excluding carboxylic acids is 2. The summed E-state index contributed by atoms with van der Waals surface area (Å²) in [6, 6.07) is 8.03. The smallest absolute Gasteiger partial charge is 0.411 e. The molecule has 0 saturated carbocycles. The van der Waals surface area contributed by atoms with Crippen LogP contribution in [-0.2, 0) is 25.6 Å². The molecule has 162 valence electrons. The van der Waals surface area contributed by atoms with Gasteiger partial charge in [0.2, 0.25) is 0 Å². The summed E-state index contributed by atoms with van der Waals surface area (Å²) in [5.41, 5.74) is -0.778. The van der Waals surface area contributed by atoms with Gasteiger partial charge >= 0.3 is 12.1 Å². The van der Waals surface area contributed by atoms with Crippen molar-refractivity contribution in [2.75, 3.05) is 19.5 Å². The van der Waals surface area contributed by atoms with Gasteiger partial charge in [0.25, 0.3) is 0 Å². The Morgan fingerprint density at radius 1 is 1.28 bits per heavy atom. The number of rotatable bonds is 7. The molecule has 0 bridgehead atoms. The molecule has 1 aliphatic rings. The number of alkyl halides is 1. The zero-order valence-corrected chi connectivity index (χ0v) is 20.3. The van der Waals surface area contributed by atoms with Crippen molar-refractivity contribution in [3.8, 4) is 0 Å². The molecule has 1 aromatic rings. The van der Waals surface area contributed by atoms with Gasteiger partial charge in [0, 0.05) is 15.9 Å². The fraction of sp³-hybridized carbons (Fsp3) is 0.619. The normalized spacial score (nSPS) is 21.9. The third-order valence-corrected chi connectivity index (χ3v) is 5.76. The molecule has 0 N–H and O–H groups in total. The van der Waals surface area contributed by atoms with Crippen molar-refractivity contribution < 1.29 is 23.8 Å². The summed E-state index contributed by atoms with van der Waals surface area (Å²) in [5.74, 6) is -0.0800. The summed E-state index contributed by atoms with van der Waals surface area (Å²) in [4.78, 5) is 27.2. The van der Waals surface area contributed by atoms with E-state index in [1.54, 1.807) is 20.8 Å². The highest BCUT2D eigenvalue weighted by atomic mass is 127. The topological polar surface area (TPSA) is 65.1 Å². The number of carbonyl (C=O) groups is 2. The summed E-state index contributed by atoms with van der Waals surface area (Å²) >= 11 is 8.15. The van der Waals surface area contributed by atoms with Gasteiger partial charge in [-0.15, -0.1) is 11.6 Å². The molecule has 1 amide bonds. The predicted octanol–water partition coefficient (Wildman–Crippen LogP) is 4.75. The van der Waals surface area contributed by atoms with Crippen LogP contribution in [0.2, 0.25) is 0 Å². The molecule has 0 radical (unpaired) electrons. The van der Waals surface area contributed by atoms with Crippen LogP contribution in [0.4, 0.5) is 4.79 Å². The standard InChI is InChI=1S/C21H29ClINO5/c1-20(2,3)29-19(26)24-13-17(28-14-15-6-8-16(23)9-7-15)12-21(24,10-5-11-22)18(25)27-4/h6-9,17H,5,10-14H2,1-4H3/t17-,21-/m0/s1. The Balaban J connectivity index is 2.22. The molecule has 6 nitrogen and oxygen atoms in total. The molecule has 0 aromatic heterocycles. The molecular formula is C21H29ClINO5. The fourth-order valence-electron chi connectivity index (χ4n) is 3.48. The minimum Gasteiger partial charge on any atom is -0.467 e. The highest BCUT2D eigenvalue weighted by molar-refractivity contribution is 14.1. The second-order valence-electron chi connectivity index (χ2n) is 8.17. The molecule has 8 heteroatoms. The number of amides is 1. The van der Waals surface area contributed by atoms with E-state index in [4.69, 9.17) is 25.8 Å². The lowest BCUT2D eigenvalue weighted by atomic mass is 9.90. The minimum absolute atomic E-state index is 0.261. The number of hydrogen-bond donors (Lipinski definition) is 0. The minimum atomic E-state index is -1.14. The Labute approximate surface area is 191 Å². The van der Waals surface area contributed by atoms with Gasteiger partial charge in [0.1, 0.15) is 11.1 Å². The van der Waals surface area contributed by atoms with Gasteiger partial charge in [-0.25, -0.2) is 9.59 Å². The van der Waals surface area contributed by atoms with Crippen molar-refractivity contribution >= 4 is 46.3 Å². The Morgan fingerprint density at radius 3 is 2.48 bits per heavy atom. The van der Waals surface area contributed by atoms with Gasteiger partial charge in [-0.2, -0.15) is 0 Å². The van der Waals surface area contributed by atoms with Crippen molar-refractivity contribution in [1.29, 1.82) is 0 Å². The Morgan fingerprint density at radius 2 is 1.93 bits per heavy atom. The molecule has 2 atom stereocenters. The van der Waals surface area contributed by atoms with Crippen molar-refractivity contribution in [3.63, 3.8) is 0 Å². The van der Waals surface area contributed by atoms with Crippen molar-refractivity contribution in [2.24, 2.45) is 0 Å². The van der Waals surface area contributed by atoms with E-state index in [0.717, 1.165) is 9.13 Å². The third kappa shape index (κ3) is 6.46. The first-order chi connectivity index (χ1) is 13.6. The van der Waals surface area contributed by atoms with Crippen LogP contribution in [0.15, 0.2) is 24.3 Å². The van der Waals surface area contributed by atoms with E-state index in [2.05, 4.69) is 22.6 Å². The Kier molecular flexibility index (Phi) is 8.60. The molecule has 2 rings (SSSR count). The lowest BCUT2D eigenvalue weighted by Crippen LogP contribution is -2.54. The molecular weight excluding hydrogens is 509 g/mol. The zero-order chi connectivity index (χ0) is 21.7. The fourth-order valence-corrected chi connectivity index (χ4v) is 3.98. The van der Waals surface area contributed by atoms with Gasteiger partial charge in [-0.05, 0) is 73.9 Å². The van der Waals surface area contributed by atoms with Crippen LogP contribution >= 0.6 is 34.2 Å².